The summed E-state index contributed by atoms with van der Waals surface area (Å²) in [5.74, 6) is -3.00. The van der Waals surface area contributed by atoms with Crippen molar-refractivity contribution in [3.05, 3.63) is 59.4 Å². The van der Waals surface area contributed by atoms with Gasteiger partial charge in [0.1, 0.15) is 5.69 Å². The maximum absolute atomic E-state index is 13.2. The maximum atomic E-state index is 13.2. The van der Waals surface area contributed by atoms with Gasteiger partial charge in [-0.2, -0.15) is 0 Å². The highest BCUT2D eigenvalue weighted by Crippen LogP contribution is 2.14. The third kappa shape index (κ3) is 4.34. The number of amides is 2. The topological polar surface area (TPSA) is 71.1 Å². The molecule has 24 heavy (non-hydrogen) atoms. The van der Waals surface area contributed by atoms with Gasteiger partial charge in [-0.25, -0.2) is 8.78 Å². The van der Waals surface area contributed by atoms with Gasteiger partial charge in [0.05, 0.1) is 0 Å². The standard InChI is InChI=1S/C17H17F2N3O2/c1-3-10(2)21-17(24)15-8-11(6-7-20-15)16(23)22-12-4-5-13(18)14(19)9-12/h4-10H,3H2,1-2H3,(H,21,24)(H,22,23). The second kappa shape index (κ2) is 7.63. The lowest BCUT2D eigenvalue weighted by Crippen LogP contribution is -2.32. The molecule has 7 heteroatoms. The second-order valence-corrected chi connectivity index (χ2v) is 5.30. The molecule has 0 radical (unpaired) electrons. The molecule has 1 unspecified atom stereocenters. The number of hydrogen-bond donors (Lipinski definition) is 2. The van der Waals surface area contributed by atoms with Crippen LogP contribution in [0.4, 0.5) is 14.5 Å². The molecule has 0 fully saturated rings. The molecule has 0 bridgehead atoms. The van der Waals surface area contributed by atoms with Crippen molar-refractivity contribution in [2.75, 3.05) is 5.32 Å². The molecule has 0 saturated carbocycles. The van der Waals surface area contributed by atoms with Gasteiger partial charge in [0.25, 0.3) is 11.8 Å². The van der Waals surface area contributed by atoms with E-state index in [-0.39, 0.29) is 28.9 Å². The van der Waals surface area contributed by atoms with Gasteiger partial charge in [-0.05, 0) is 37.6 Å². The summed E-state index contributed by atoms with van der Waals surface area (Å²) in [5, 5.41) is 5.19. The molecule has 0 aliphatic heterocycles. The average Bonchev–Trinajstić information content (AvgIpc) is 2.58. The van der Waals surface area contributed by atoms with E-state index in [0.717, 1.165) is 18.6 Å². The first-order chi connectivity index (χ1) is 11.4. The van der Waals surface area contributed by atoms with E-state index < -0.39 is 17.5 Å². The fourth-order valence-electron chi connectivity index (χ4n) is 1.87. The van der Waals surface area contributed by atoms with Crippen molar-refractivity contribution in [2.45, 2.75) is 26.3 Å². The van der Waals surface area contributed by atoms with E-state index in [2.05, 4.69) is 15.6 Å². The van der Waals surface area contributed by atoms with Crippen LogP contribution in [0.1, 0.15) is 41.1 Å². The fourth-order valence-corrected chi connectivity index (χ4v) is 1.87. The van der Waals surface area contributed by atoms with Crippen LogP contribution in [0, 0.1) is 11.6 Å². The molecule has 0 saturated heterocycles. The summed E-state index contributed by atoms with van der Waals surface area (Å²) in [7, 11) is 0. The summed E-state index contributed by atoms with van der Waals surface area (Å²) >= 11 is 0. The normalized spacial score (nSPS) is 11.7. The summed E-state index contributed by atoms with van der Waals surface area (Å²) in [5.41, 5.74) is 0.401. The van der Waals surface area contributed by atoms with Gasteiger partial charge in [0.2, 0.25) is 0 Å². The van der Waals surface area contributed by atoms with Gasteiger partial charge >= 0.3 is 0 Å². The number of aromatic nitrogens is 1. The Hall–Kier alpha value is -2.83. The van der Waals surface area contributed by atoms with Crippen LogP contribution >= 0.6 is 0 Å². The minimum absolute atomic E-state index is 0.0148. The van der Waals surface area contributed by atoms with Crippen molar-refractivity contribution < 1.29 is 18.4 Å². The molecule has 1 aromatic carbocycles. The molecular weight excluding hydrogens is 316 g/mol. The summed E-state index contributed by atoms with van der Waals surface area (Å²) in [4.78, 5) is 28.1. The quantitative estimate of drug-likeness (QED) is 0.883. The SMILES string of the molecule is CCC(C)NC(=O)c1cc(C(=O)Nc2ccc(F)c(F)c2)ccn1. The second-order valence-electron chi connectivity index (χ2n) is 5.30. The number of anilines is 1. The van der Waals surface area contributed by atoms with Crippen molar-refractivity contribution in [1.82, 2.24) is 10.3 Å². The zero-order valence-electron chi connectivity index (χ0n) is 13.3. The van der Waals surface area contributed by atoms with Gasteiger partial charge < -0.3 is 10.6 Å². The zero-order valence-corrected chi connectivity index (χ0v) is 13.3. The molecule has 1 heterocycles. The lowest BCUT2D eigenvalue weighted by molar-refractivity contribution is 0.0934. The number of carbonyl (C=O) groups is 2. The highest BCUT2D eigenvalue weighted by Gasteiger charge is 2.14. The highest BCUT2D eigenvalue weighted by atomic mass is 19.2. The Morgan fingerprint density at radius 2 is 1.88 bits per heavy atom. The molecule has 2 N–H and O–H groups in total. The van der Waals surface area contributed by atoms with E-state index >= 15 is 0 Å². The fraction of sp³-hybridized carbons (Fsp3) is 0.235. The highest BCUT2D eigenvalue weighted by molar-refractivity contribution is 6.05. The van der Waals surface area contributed by atoms with Crippen LogP contribution in [0.5, 0.6) is 0 Å². The lowest BCUT2D eigenvalue weighted by atomic mass is 10.2. The third-order valence-electron chi connectivity index (χ3n) is 3.42. The van der Waals surface area contributed by atoms with E-state index in [1.54, 1.807) is 0 Å². The molecule has 2 amide bonds. The van der Waals surface area contributed by atoms with Crippen LogP contribution in [-0.2, 0) is 0 Å². The number of halogens is 2. The van der Waals surface area contributed by atoms with Gasteiger partial charge in [0.15, 0.2) is 11.6 Å². The first-order valence-electron chi connectivity index (χ1n) is 7.44. The minimum atomic E-state index is -1.06. The Morgan fingerprint density at radius 3 is 2.54 bits per heavy atom. The van der Waals surface area contributed by atoms with Crippen molar-refractivity contribution in [3.8, 4) is 0 Å². The van der Waals surface area contributed by atoms with Crippen LogP contribution < -0.4 is 10.6 Å². The van der Waals surface area contributed by atoms with E-state index in [0.29, 0.717) is 0 Å². The van der Waals surface area contributed by atoms with Crippen LogP contribution in [0.15, 0.2) is 36.5 Å². The maximum Gasteiger partial charge on any atom is 0.270 e. The van der Waals surface area contributed by atoms with Crippen LogP contribution in [-0.4, -0.2) is 22.8 Å². The number of nitrogens with zero attached hydrogens (tertiary/aromatic N) is 1. The summed E-state index contributed by atoms with van der Waals surface area (Å²) in [6.07, 6.45) is 2.10. The van der Waals surface area contributed by atoms with Crippen LogP contribution in [0.3, 0.4) is 0 Å². The number of hydrogen-bond acceptors (Lipinski definition) is 3. The molecular formula is C17H17F2N3O2. The van der Waals surface area contributed by atoms with Crippen LogP contribution in [0.25, 0.3) is 0 Å². The first-order valence-corrected chi connectivity index (χ1v) is 7.44. The Kier molecular flexibility index (Phi) is 5.57. The smallest absolute Gasteiger partial charge is 0.270 e. The largest absolute Gasteiger partial charge is 0.348 e. The summed E-state index contributed by atoms with van der Waals surface area (Å²) in [6.45, 7) is 3.79. The third-order valence-corrected chi connectivity index (χ3v) is 3.42. The van der Waals surface area contributed by atoms with E-state index in [1.807, 2.05) is 13.8 Å². The van der Waals surface area contributed by atoms with Gasteiger partial charge in [0, 0.05) is 29.6 Å². The molecule has 5 nitrogen and oxygen atoms in total. The molecule has 0 aliphatic carbocycles. The molecule has 1 aromatic heterocycles. The Labute approximate surface area is 138 Å². The molecule has 0 aliphatic rings. The predicted molar refractivity (Wildman–Crippen MR) is 85.8 cm³/mol. The van der Waals surface area contributed by atoms with Crippen molar-refractivity contribution in [1.29, 1.82) is 0 Å². The summed E-state index contributed by atoms with van der Waals surface area (Å²) < 4.78 is 26.1. The Bertz CT molecular complexity index is 765. The van der Waals surface area contributed by atoms with Gasteiger partial charge in [-0.15, -0.1) is 0 Å². The molecule has 2 aromatic rings. The number of nitrogens with one attached hydrogen (secondary N) is 2. The minimum Gasteiger partial charge on any atom is -0.348 e. The van der Waals surface area contributed by atoms with Crippen molar-refractivity contribution >= 4 is 17.5 Å². The number of rotatable bonds is 5. The Balaban J connectivity index is 2.13. The predicted octanol–water partition coefficient (Wildman–Crippen LogP) is 3.14. The monoisotopic (exact) mass is 333 g/mol. The number of carbonyl (C=O) groups excluding carboxylic acids is 2. The van der Waals surface area contributed by atoms with Gasteiger partial charge in [-0.3, -0.25) is 14.6 Å². The van der Waals surface area contributed by atoms with E-state index in [1.165, 1.54) is 24.4 Å². The van der Waals surface area contributed by atoms with E-state index in [4.69, 9.17) is 0 Å². The van der Waals surface area contributed by atoms with E-state index in [9.17, 15) is 18.4 Å². The number of benzene rings is 1. The molecule has 0 spiro atoms. The summed E-state index contributed by atoms with van der Waals surface area (Å²) in [6, 6.07) is 5.79. The molecule has 126 valence electrons. The average molecular weight is 333 g/mol. The number of pyridine rings is 1. The van der Waals surface area contributed by atoms with Gasteiger partial charge in [-0.1, -0.05) is 6.92 Å². The van der Waals surface area contributed by atoms with Crippen LogP contribution in [0.2, 0.25) is 0 Å². The van der Waals surface area contributed by atoms with Crippen molar-refractivity contribution in [2.24, 2.45) is 0 Å². The lowest BCUT2D eigenvalue weighted by Gasteiger charge is -2.11. The first kappa shape index (κ1) is 17.5. The molecule has 2 rings (SSSR count). The van der Waals surface area contributed by atoms with Crippen molar-refractivity contribution in [3.63, 3.8) is 0 Å². The zero-order chi connectivity index (χ0) is 17.7. The Morgan fingerprint density at radius 1 is 1.12 bits per heavy atom. The molecule has 1 atom stereocenters.